The molecule has 1 rings (SSSR count). The van der Waals surface area contributed by atoms with E-state index < -0.39 is 0 Å². The predicted molar refractivity (Wildman–Crippen MR) is 76.4 cm³/mol. The Labute approximate surface area is 120 Å². The first-order chi connectivity index (χ1) is 7.87. The number of hydrogen-bond acceptors (Lipinski definition) is 1. The number of hydrogen-bond donors (Lipinski definition) is 1. The third-order valence-corrected chi connectivity index (χ3v) is 3.39. The van der Waals surface area contributed by atoms with Gasteiger partial charge < -0.3 is 5.32 Å². The Morgan fingerprint density at radius 1 is 1.35 bits per heavy atom. The Morgan fingerprint density at radius 2 is 1.88 bits per heavy atom. The number of alkyl halides is 1. The summed E-state index contributed by atoms with van der Waals surface area (Å²) >= 11 is 15.3. The molecule has 1 N–H and O–H groups in total. The zero-order valence-electron chi connectivity index (χ0n) is 9.69. The van der Waals surface area contributed by atoms with Crippen molar-refractivity contribution in [3.63, 3.8) is 0 Å². The van der Waals surface area contributed by atoms with Crippen LogP contribution in [0, 0.1) is 0 Å². The molecule has 1 aromatic carbocycles. The van der Waals surface area contributed by atoms with Gasteiger partial charge in [0.1, 0.15) is 0 Å². The summed E-state index contributed by atoms with van der Waals surface area (Å²) in [6.45, 7) is 3.91. The number of carbonyl (C=O) groups excluding carboxylic acids is 1. The highest BCUT2D eigenvalue weighted by atomic mass is 79.9. The maximum Gasteiger partial charge on any atom is 0.254 e. The summed E-state index contributed by atoms with van der Waals surface area (Å²) in [5.41, 5.74) is 0.0294. The third kappa shape index (κ3) is 4.16. The molecule has 0 unspecified atom stereocenters. The van der Waals surface area contributed by atoms with Crippen LogP contribution in [0.25, 0.3) is 0 Å². The second kappa shape index (κ2) is 6.07. The molecule has 2 nitrogen and oxygen atoms in total. The Morgan fingerprint density at radius 3 is 2.35 bits per heavy atom. The van der Waals surface area contributed by atoms with Crippen LogP contribution in [0.15, 0.2) is 18.2 Å². The van der Waals surface area contributed by atoms with Crippen molar-refractivity contribution in [2.24, 2.45) is 0 Å². The molecule has 0 spiro atoms. The number of rotatable bonds is 4. The summed E-state index contributed by atoms with van der Waals surface area (Å²) < 4.78 is 0. The first-order valence-electron chi connectivity index (χ1n) is 5.20. The molecule has 0 heterocycles. The summed E-state index contributed by atoms with van der Waals surface area (Å²) in [6.07, 6.45) is 0.820. The van der Waals surface area contributed by atoms with Gasteiger partial charge in [-0.1, -0.05) is 45.2 Å². The Kier molecular flexibility index (Phi) is 5.29. The van der Waals surface area contributed by atoms with Gasteiger partial charge in [0.2, 0.25) is 0 Å². The van der Waals surface area contributed by atoms with Crippen LogP contribution < -0.4 is 5.32 Å². The molecule has 0 aliphatic rings. The van der Waals surface area contributed by atoms with E-state index in [9.17, 15) is 4.79 Å². The molecule has 1 amide bonds. The van der Waals surface area contributed by atoms with E-state index in [0.717, 1.165) is 11.8 Å². The highest BCUT2D eigenvalue weighted by molar-refractivity contribution is 9.09. The van der Waals surface area contributed by atoms with Crippen molar-refractivity contribution < 1.29 is 4.79 Å². The van der Waals surface area contributed by atoms with Crippen LogP contribution in [0.3, 0.4) is 0 Å². The summed E-state index contributed by atoms with van der Waals surface area (Å²) in [5, 5.41) is 4.46. The topological polar surface area (TPSA) is 29.1 Å². The lowest BCUT2D eigenvalue weighted by atomic mass is 10.0. The van der Waals surface area contributed by atoms with E-state index in [-0.39, 0.29) is 11.4 Å². The van der Waals surface area contributed by atoms with Crippen molar-refractivity contribution in [3.8, 4) is 0 Å². The Balaban J connectivity index is 2.91. The highest BCUT2D eigenvalue weighted by Crippen LogP contribution is 2.25. The number of halogens is 3. The molecule has 0 aliphatic carbocycles. The maximum atomic E-state index is 12.1. The Hall–Kier alpha value is -0.250. The van der Waals surface area contributed by atoms with E-state index in [1.165, 1.54) is 0 Å². The number of amides is 1. The molecule has 0 atom stereocenters. The molecular weight excluding hydrogens is 325 g/mol. The molecule has 0 saturated heterocycles. The van der Waals surface area contributed by atoms with Gasteiger partial charge in [-0.2, -0.15) is 0 Å². The molecule has 5 heteroatoms. The average Bonchev–Trinajstić information content (AvgIpc) is 2.15. The van der Waals surface area contributed by atoms with E-state index in [4.69, 9.17) is 23.2 Å². The fourth-order valence-electron chi connectivity index (χ4n) is 1.38. The lowest BCUT2D eigenvalue weighted by Crippen LogP contribution is -2.43. The minimum absolute atomic E-state index is 0.244. The van der Waals surface area contributed by atoms with Crippen LogP contribution in [0.1, 0.15) is 30.6 Å². The van der Waals surface area contributed by atoms with Gasteiger partial charge in [-0.3, -0.25) is 4.79 Å². The van der Waals surface area contributed by atoms with Gasteiger partial charge in [0.05, 0.1) is 15.6 Å². The van der Waals surface area contributed by atoms with Gasteiger partial charge in [-0.05, 0) is 32.4 Å². The zero-order valence-corrected chi connectivity index (χ0v) is 12.8. The van der Waals surface area contributed by atoms with Crippen LogP contribution in [-0.4, -0.2) is 16.8 Å². The van der Waals surface area contributed by atoms with E-state index in [0.29, 0.717) is 15.6 Å². The summed E-state index contributed by atoms with van der Waals surface area (Å²) in [7, 11) is 0. The molecule has 94 valence electrons. The SMILES string of the molecule is CC(C)(CCBr)NC(=O)c1c(Cl)cccc1Cl. The Bertz CT molecular complexity index is 401. The van der Waals surface area contributed by atoms with Gasteiger partial charge >= 0.3 is 0 Å². The van der Waals surface area contributed by atoms with E-state index in [1.54, 1.807) is 18.2 Å². The fraction of sp³-hybridized carbons (Fsp3) is 0.417. The minimum Gasteiger partial charge on any atom is -0.347 e. The minimum atomic E-state index is -0.302. The van der Waals surface area contributed by atoms with Gasteiger partial charge in [0.25, 0.3) is 5.91 Å². The van der Waals surface area contributed by atoms with Crippen molar-refractivity contribution in [2.45, 2.75) is 25.8 Å². The van der Waals surface area contributed by atoms with Gasteiger partial charge in [0, 0.05) is 10.9 Å². The summed E-state index contributed by atoms with van der Waals surface area (Å²) in [4.78, 5) is 12.1. The fourth-order valence-corrected chi connectivity index (χ4v) is 2.94. The molecule has 0 fully saturated rings. The van der Waals surface area contributed by atoms with E-state index >= 15 is 0 Å². The van der Waals surface area contributed by atoms with Crippen molar-refractivity contribution in [1.82, 2.24) is 5.32 Å². The molecule has 17 heavy (non-hydrogen) atoms. The molecule has 0 saturated carbocycles. The molecule has 0 aromatic heterocycles. The first-order valence-corrected chi connectivity index (χ1v) is 7.07. The standard InChI is InChI=1S/C12H14BrCl2NO/c1-12(2,6-7-13)16-11(17)10-8(14)4-3-5-9(10)15/h3-5H,6-7H2,1-2H3,(H,16,17). The second-order valence-corrected chi connectivity index (χ2v) is 5.98. The number of nitrogens with one attached hydrogen (secondary N) is 1. The van der Waals surface area contributed by atoms with Gasteiger partial charge in [0.15, 0.2) is 0 Å². The van der Waals surface area contributed by atoms with Crippen LogP contribution in [0.4, 0.5) is 0 Å². The second-order valence-electron chi connectivity index (χ2n) is 4.37. The molecule has 0 aliphatic heterocycles. The smallest absolute Gasteiger partial charge is 0.254 e. The van der Waals surface area contributed by atoms with Crippen molar-refractivity contribution in [1.29, 1.82) is 0 Å². The van der Waals surface area contributed by atoms with Gasteiger partial charge in [-0.25, -0.2) is 0 Å². The quantitative estimate of drug-likeness (QED) is 0.815. The highest BCUT2D eigenvalue weighted by Gasteiger charge is 2.23. The van der Waals surface area contributed by atoms with Crippen LogP contribution in [0.2, 0.25) is 10.0 Å². The lowest BCUT2D eigenvalue weighted by molar-refractivity contribution is 0.0912. The van der Waals surface area contributed by atoms with E-state index in [1.807, 2.05) is 13.8 Å². The van der Waals surface area contributed by atoms with Crippen LogP contribution >= 0.6 is 39.1 Å². The maximum absolute atomic E-state index is 12.1. The normalized spacial score (nSPS) is 11.4. The summed E-state index contributed by atoms with van der Waals surface area (Å²) in [5.74, 6) is -0.244. The van der Waals surface area contributed by atoms with Gasteiger partial charge in [-0.15, -0.1) is 0 Å². The predicted octanol–water partition coefficient (Wildman–Crippen LogP) is 4.29. The van der Waals surface area contributed by atoms with Crippen molar-refractivity contribution in [3.05, 3.63) is 33.8 Å². The zero-order chi connectivity index (χ0) is 13.1. The monoisotopic (exact) mass is 337 g/mol. The molecule has 1 aromatic rings. The third-order valence-electron chi connectivity index (χ3n) is 2.36. The van der Waals surface area contributed by atoms with Crippen molar-refractivity contribution >= 4 is 45.0 Å². The average molecular weight is 339 g/mol. The largest absolute Gasteiger partial charge is 0.347 e. The van der Waals surface area contributed by atoms with Crippen LogP contribution in [0.5, 0.6) is 0 Å². The van der Waals surface area contributed by atoms with E-state index in [2.05, 4.69) is 21.2 Å². The number of carbonyl (C=O) groups is 1. The first kappa shape index (κ1) is 14.8. The molecule has 0 radical (unpaired) electrons. The lowest BCUT2D eigenvalue weighted by Gasteiger charge is -2.25. The van der Waals surface area contributed by atoms with Crippen molar-refractivity contribution in [2.75, 3.05) is 5.33 Å². The number of benzene rings is 1. The molecule has 0 bridgehead atoms. The van der Waals surface area contributed by atoms with Crippen LogP contribution in [-0.2, 0) is 0 Å². The summed E-state index contributed by atoms with van der Waals surface area (Å²) in [6, 6.07) is 5.02. The molecular formula is C12H14BrCl2NO.